The lowest BCUT2D eigenvalue weighted by molar-refractivity contribution is -0.140. The zero-order valence-corrected chi connectivity index (χ0v) is 16.1. The molecule has 1 aliphatic heterocycles. The summed E-state index contributed by atoms with van der Waals surface area (Å²) in [5, 5.41) is 4.09. The molecule has 2 aromatic heterocycles. The van der Waals surface area contributed by atoms with Gasteiger partial charge in [0, 0.05) is 25.3 Å². The van der Waals surface area contributed by atoms with Crippen molar-refractivity contribution in [3.05, 3.63) is 41.8 Å². The number of nitrogens with one attached hydrogen (secondary N) is 1. The number of para-hydroxylation sites is 2. The molecule has 1 fully saturated rings. The van der Waals surface area contributed by atoms with E-state index in [4.69, 9.17) is 9.51 Å². The number of hydrogen-bond acceptors (Lipinski definition) is 7. The zero-order valence-electron chi connectivity index (χ0n) is 16.1. The number of fused-ring (bicyclic) bond motifs is 1. The highest BCUT2D eigenvalue weighted by Crippen LogP contribution is 2.27. The minimum Gasteiger partial charge on any atom is -0.469 e. The summed E-state index contributed by atoms with van der Waals surface area (Å²) in [6.45, 7) is 2.60. The second kappa shape index (κ2) is 8.52. The first-order valence-electron chi connectivity index (χ1n) is 9.76. The number of aryl methyl sites for hydroxylation is 1. The normalized spacial score (nSPS) is 17.8. The molecule has 0 aliphatic carbocycles. The van der Waals surface area contributed by atoms with Crippen LogP contribution in [0.4, 0.5) is 0 Å². The van der Waals surface area contributed by atoms with Crippen LogP contribution in [0.5, 0.6) is 0 Å². The largest absolute Gasteiger partial charge is 0.469 e. The molecule has 0 saturated carbocycles. The maximum atomic E-state index is 11.2. The highest BCUT2D eigenvalue weighted by atomic mass is 16.5. The van der Waals surface area contributed by atoms with Gasteiger partial charge in [-0.25, -0.2) is 4.98 Å². The average molecular weight is 383 g/mol. The van der Waals surface area contributed by atoms with Crippen LogP contribution in [0.3, 0.4) is 0 Å². The molecule has 8 heteroatoms. The van der Waals surface area contributed by atoms with Gasteiger partial charge in [-0.1, -0.05) is 17.3 Å². The lowest BCUT2D eigenvalue weighted by atomic mass is 9.97. The van der Waals surface area contributed by atoms with Crippen molar-refractivity contribution in [2.24, 2.45) is 0 Å². The van der Waals surface area contributed by atoms with E-state index in [1.54, 1.807) is 0 Å². The summed E-state index contributed by atoms with van der Waals surface area (Å²) in [6.07, 6.45) is 3.84. The fourth-order valence-electron chi connectivity index (χ4n) is 3.73. The second-order valence-electron chi connectivity index (χ2n) is 7.25. The van der Waals surface area contributed by atoms with Gasteiger partial charge in [0.15, 0.2) is 5.82 Å². The molecule has 3 aromatic rings. The average Bonchev–Trinajstić information content (AvgIpc) is 3.35. The van der Waals surface area contributed by atoms with Crippen LogP contribution in [-0.4, -0.2) is 51.2 Å². The molecule has 28 heavy (non-hydrogen) atoms. The number of aromatic nitrogens is 4. The van der Waals surface area contributed by atoms with E-state index < -0.39 is 0 Å². The van der Waals surface area contributed by atoms with Gasteiger partial charge in [-0.15, -0.1) is 0 Å². The third-order valence-electron chi connectivity index (χ3n) is 5.17. The Kier molecular flexibility index (Phi) is 5.66. The van der Waals surface area contributed by atoms with Gasteiger partial charge < -0.3 is 14.2 Å². The Morgan fingerprint density at radius 2 is 2.25 bits per heavy atom. The van der Waals surface area contributed by atoms with Crippen molar-refractivity contribution in [1.82, 2.24) is 25.0 Å². The molecule has 8 nitrogen and oxygen atoms in total. The number of nitrogens with zero attached hydrogens (tertiary/aromatic N) is 4. The van der Waals surface area contributed by atoms with Crippen LogP contribution < -0.4 is 0 Å². The summed E-state index contributed by atoms with van der Waals surface area (Å²) in [5.74, 6) is 2.49. The first kappa shape index (κ1) is 18.6. The molecule has 0 unspecified atom stereocenters. The maximum Gasteiger partial charge on any atom is 0.305 e. The summed E-state index contributed by atoms with van der Waals surface area (Å²) in [6, 6.07) is 8.14. The number of carbonyl (C=O) groups is 1. The quantitative estimate of drug-likeness (QED) is 0.627. The van der Waals surface area contributed by atoms with E-state index in [0.717, 1.165) is 42.8 Å². The Hall–Kier alpha value is -2.74. The number of piperidine rings is 1. The van der Waals surface area contributed by atoms with Gasteiger partial charge in [0.05, 0.1) is 24.7 Å². The number of carbonyl (C=O) groups excluding carboxylic acids is 1. The molecule has 0 radical (unpaired) electrons. The lowest BCUT2D eigenvalue weighted by Gasteiger charge is -2.30. The number of aromatic amines is 1. The molecule has 1 aromatic carbocycles. The maximum absolute atomic E-state index is 11.2. The van der Waals surface area contributed by atoms with Gasteiger partial charge in [-0.05, 0) is 37.9 Å². The minimum absolute atomic E-state index is 0.218. The van der Waals surface area contributed by atoms with E-state index in [1.807, 2.05) is 18.2 Å². The van der Waals surface area contributed by atoms with Crippen LogP contribution in [0.1, 0.15) is 49.1 Å². The van der Waals surface area contributed by atoms with Crippen molar-refractivity contribution in [3.8, 4) is 0 Å². The number of likely N-dealkylation sites (tertiary alicyclic amines) is 1. The van der Waals surface area contributed by atoms with Gasteiger partial charge in [0.25, 0.3) is 0 Å². The van der Waals surface area contributed by atoms with Crippen LogP contribution in [0.15, 0.2) is 28.8 Å². The van der Waals surface area contributed by atoms with Crippen molar-refractivity contribution in [2.75, 3.05) is 20.2 Å². The third-order valence-corrected chi connectivity index (χ3v) is 5.17. The molecular weight excluding hydrogens is 358 g/mol. The van der Waals surface area contributed by atoms with E-state index in [2.05, 4.69) is 30.8 Å². The fourth-order valence-corrected chi connectivity index (χ4v) is 3.73. The Morgan fingerprint density at radius 1 is 1.36 bits per heavy atom. The second-order valence-corrected chi connectivity index (χ2v) is 7.25. The van der Waals surface area contributed by atoms with E-state index in [9.17, 15) is 4.79 Å². The fraction of sp³-hybridized carbons (Fsp3) is 0.500. The Bertz CT molecular complexity index is 902. The number of ether oxygens (including phenoxy) is 1. The standard InChI is InChI=1S/C20H25N5O3/c1-27-19(26)10-4-9-18-23-17(24-28-18)13-25-11-5-6-14(12-25)20-21-15-7-2-3-8-16(15)22-20/h2-3,7-8,14H,4-6,9-13H2,1H3,(H,21,22)/t14-/m0/s1. The number of benzene rings is 1. The number of rotatable bonds is 7. The third kappa shape index (κ3) is 4.39. The van der Waals surface area contributed by atoms with Crippen LogP contribution in [0, 0.1) is 0 Å². The van der Waals surface area contributed by atoms with Gasteiger partial charge in [0.2, 0.25) is 5.89 Å². The van der Waals surface area contributed by atoms with Crippen LogP contribution in [0.2, 0.25) is 0 Å². The van der Waals surface area contributed by atoms with Crippen LogP contribution >= 0.6 is 0 Å². The smallest absolute Gasteiger partial charge is 0.305 e. The van der Waals surface area contributed by atoms with E-state index in [1.165, 1.54) is 7.11 Å². The molecule has 0 amide bonds. The predicted octanol–water partition coefficient (Wildman–Crippen LogP) is 2.82. The number of imidazole rings is 1. The summed E-state index contributed by atoms with van der Waals surface area (Å²) >= 11 is 0. The van der Waals surface area contributed by atoms with Gasteiger partial charge >= 0.3 is 5.97 Å². The number of hydrogen-bond donors (Lipinski definition) is 1. The lowest BCUT2D eigenvalue weighted by Crippen LogP contribution is -2.34. The van der Waals surface area contributed by atoms with Crippen LogP contribution in [-0.2, 0) is 22.5 Å². The van der Waals surface area contributed by atoms with E-state index in [0.29, 0.717) is 43.4 Å². The van der Waals surface area contributed by atoms with Gasteiger partial charge in [-0.3, -0.25) is 9.69 Å². The molecule has 3 heterocycles. The summed E-state index contributed by atoms with van der Waals surface area (Å²) in [7, 11) is 1.39. The first-order valence-corrected chi connectivity index (χ1v) is 9.76. The van der Waals surface area contributed by atoms with Crippen molar-refractivity contribution in [1.29, 1.82) is 0 Å². The van der Waals surface area contributed by atoms with E-state index >= 15 is 0 Å². The molecule has 0 spiro atoms. The van der Waals surface area contributed by atoms with Gasteiger partial charge in [0.1, 0.15) is 5.82 Å². The topological polar surface area (TPSA) is 97.1 Å². The van der Waals surface area contributed by atoms with Gasteiger partial charge in [-0.2, -0.15) is 4.98 Å². The molecule has 1 saturated heterocycles. The zero-order chi connectivity index (χ0) is 19.3. The number of esters is 1. The predicted molar refractivity (Wildman–Crippen MR) is 103 cm³/mol. The number of methoxy groups -OCH3 is 1. The van der Waals surface area contributed by atoms with Crippen molar-refractivity contribution < 1.29 is 14.1 Å². The monoisotopic (exact) mass is 383 g/mol. The van der Waals surface area contributed by atoms with Crippen LogP contribution in [0.25, 0.3) is 11.0 Å². The molecule has 4 rings (SSSR count). The first-order chi connectivity index (χ1) is 13.7. The highest BCUT2D eigenvalue weighted by Gasteiger charge is 2.25. The Labute approximate surface area is 163 Å². The SMILES string of the molecule is COC(=O)CCCc1nc(CN2CCC[C@H](c3nc4ccccc4[nH]3)C2)no1. The van der Waals surface area contributed by atoms with Crippen molar-refractivity contribution in [3.63, 3.8) is 0 Å². The molecular formula is C20H25N5O3. The Balaban J connectivity index is 1.33. The molecule has 1 N–H and O–H groups in total. The highest BCUT2D eigenvalue weighted by molar-refractivity contribution is 5.74. The summed E-state index contributed by atoms with van der Waals surface area (Å²) in [5.41, 5.74) is 2.11. The molecule has 1 aliphatic rings. The minimum atomic E-state index is -0.218. The Morgan fingerprint density at radius 3 is 3.11 bits per heavy atom. The molecule has 148 valence electrons. The summed E-state index contributed by atoms with van der Waals surface area (Å²) in [4.78, 5) is 26.2. The van der Waals surface area contributed by atoms with Crippen molar-refractivity contribution >= 4 is 17.0 Å². The molecule has 0 bridgehead atoms. The number of H-pyrrole nitrogens is 1. The van der Waals surface area contributed by atoms with E-state index in [-0.39, 0.29) is 5.97 Å². The summed E-state index contributed by atoms with van der Waals surface area (Å²) < 4.78 is 9.95. The molecule has 1 atom stereocenters. The van der Waals surface area contributed by atoms with Crippen molar-refractivity contribution in [2.45, 2.75) is 44.6 Å².